The minimum atomic E-state index is -0.866. The second-order valence-electron chi connectivity index (χ2n) is 7.87. The predicted molar refractivity (Wildman–Crippen MR) is 129 cm³/mol. The Bertz CT molecular complexity index is 1210. The fraction of sp³-hybridized carbons (Fsp3) is 0.192. The molecule has 0 aliphatic heterocycles. The van der Waals surface area contributed by atoms with Gasteiger partial charge in [-0.2, -0.15) is 0 Å². The molecule has 7 nitrogen and oxygen atoms in total. The van der Waals surface area contributed by atoms with Crippen LogP contribution in [0.15, 0.2) is 66.7 Å². The zero-order chi connectivity index (χ0) is 24.2. The first-order chi connectivity index (χ1) is 16.4. The summed E-state index contributed by atoms with van der Waals surface area (Å²) >= 11 is 6.08. The van der Waals surface area contributed by atoms with Gasteiger partial charge >= 0.3 is 12.1 Å². The number of hydrogen-bond acceptors (Lipinski definition) is 5. The average Bonchev–Trinajstić information content (AvgIpc) is 3.16. The lowest BCUT2D eigenvalue weighted by Crippen LogP contribution is -2.42. The molecule has 174 valence electrons. The molecule has 4 rings (SSSR count). The molecule has 3 aromatic carbocycles. The molecule has 8 heteroatoms. The van der Waals surface area contributed by atoms with Crippen molar-refractivity contribution in [3.05, 3.63) is 88.4 Å². The third-order valence-electron chi connectivity index (χ3n) is 5.71. The van der Waals surface area contributed by atoms with Crippen LogP contribution in [0.3, 0.4) is 0 Å². The Labute approximate surface area is 202 Å². The van der Waals surface area contributed by atoms with Crippen molar-refractivity contribution in [2.45, 2.75) is 18.9 Å². The molecule has 1 aliphatic rings. The average molecular weight is 479 g/mol. The van der Waals surface area contributed by atoms with Crippen LogP contribution in [0.25, 0.3) is 11.1 Å². The Hall–Kier alpha value is -3.84. The van der Waals surface area contributed by atoms with E-state index in [0.717, 1.165) is 22.3 Å². The molecule has 3 aromatic rings. The van der Waals surface area contributed by atoms with Crippen molar-refractivity contribution in [2.75, 3.05) is 19.0 Å². The number of carbonyl (C=O) groups excluding carboxylic acids is 3. The molecule has 0 aromatic heterocycles. The molecule has 1 aliphatic carbocycles. The van der Waals surface area contributed by atoms with Crippen molar-refractivity contribution in [3.63, 3.8) is 0 Å². The number of ether oxygens (including phenoxy) is 2. The summed E-state index contributed by atoms with van der Waals surface area (Å²) in [5.74, 6) is -1.11. The Morgan fingerprint density at radius 3 is 2.18 bits per heavy atom. The van der Waals surface area contributed by atoms with E-state index in [-0.39, 0.29) is 23.1 Å². The Balaban J connectivity index is 1.34. The van der Waals surface area contributed by atoms with Crippen LogP contribution in [0.2, 0.25) is 5.02 Å². The molecule has 0 spiro atoms. The quantitative estimate of drug-likeness (QED) is 0.487. The van der Waals surface area contributed by atoms with E-state index in [1.165, 1.54) is 25.3 Å². The number of rotatable bonds is 6. The van der Waals surface area contributed by atoms with Crippen molar-refractivity contribution in [2.24, 2.45) is 0 Å². The highest BCUT2D eigenvalue weighted by atomic mass is 35.5. The van der Waals surface area contributed by atoms with Crippen molar-refractivity contribution in [1.82, 2.24) is 5.32 Å². The van der Waals surface area contributed by atoms with Crippen LogP contribution in [-0.4, -0.2) is 37.7 Å². The van der Waals surface area contributed by atoms with Crippen LogP contribution in [0.1, 0.15) is 34.3 Å². The van der Waals surface area contributed by atoms with E-state index < -0.39 is 24.0 Å². The molecule has 0 fully saturated rings. The number of alkyl carbamates (subject to hydrolysis) is 1. The van der Waals surface area contributed by atoms with Crippen molar-refractivity contribution >= 4 is 35.3 Å². The van der Waals surface area contributed by atoms with Gasteiger partial charge in [0.15, 0.2) is 0 Å². The summed E-state index contributed by atoms with van der Waals surface area (Å²) in [4.78, 5) is 36.6. The molecule has 0 bridgehead atoms. The molecule has 1 atom stereocenters. The third kappa shape index (κ3) is 4.75. The summed E-state index contributed by atoms with van der Waals surface area (Å²) in [6.07, 6.45) is -0.691. The van der Waals surface area contributed by atoms with E-state index in [9.17, 15) is 14.4 Å². The second kappa shape index (κ2) is 9.97. The van der Waals surface area contributed by atoms with Gasteiger partial charge in [-0.15, -0.1) is 0 Å². The number of esters is 1. The van der Waals surface area contributed by atoms with Gasteiger partial charge in [-0.05, 0) is 47.4 Å². The first-order valence-corrected chi connectivity index (χ1v) is 11.1. The number of benzene rings is 3. The molecule has 34 heavy (non-hydrogen) atoms. The molecule has 2 amide bonds. The number of carbonyl (C=O) groups is 3. The highest BCUT2D eigenvalue weighted by Gasteiger charge is 2.29. The molecular weight excluding hydrogens is 456 g/mol. The van der Waals surface area contributed by atoms with Gasteiger partial charge in [-0.25, -0.2) is 9.59 Å². The molecule has 2 N–H and O–H groups in total. The van der Waals surface area contributed by atoms with Gasteiger partial charge in [0.1, 0.15) is 12.6 Å². The standard InChI is InChI=1S/C26H23ClN2O5/c1-15(24(30)29-16-11-12-21(23(27)13-16)25(31)33-2)28-26(32)34-14-22-19-9-5-3-7-17(19)18-8-4-6-10-20(18)22/h3-13,15,22H,14H2,1-2H3,(H,28,32)(H,29,30)/t15-/m0/s1. The van der Waals surface area contributed by atoms with Gasteiger partial charge in [-0.3, -0.25) is 4.79 Å². The molecule has 0 unspecified atom stereocenters. The number of halogens is 1. The smallest absolute Gasteiger partial charge is 0.407 e. The van der Waals surface area contributed by atoms with E-state index in [0.29, 0.717) is 5.69 Å². The van der Waals surface area contributed by atoms with Crippen LogP contribution >= 0.6 is 11.6 Å². The minimum absolute atomic E-state index is 0.0715. The lowest BCUT2D eigenvalue weighted by Gasteiger charge is -2.17. The molecule has 0 heterocycles. The number of methoxy groups -OCH3 is 1. The summed E-state index contributed by atoms with van der Waals surface area (Å²) in [5.41, 5.74) is 5.05. The first kappa shape index (κ1) is 23.3. The molecule has 0 saturated carbocycles. The van der Waals surface area contributed by atoms with E-state index in [2.05, 4.69) is 27.5 Å². The van der Waals surface area contributed by atoms with Gasteiger partial charge in [0.2, 0.25) is 5.91 Å². The first-order valence-electron chi connectivity index (χ1n) is 10.7. The van der Waals surface area contributed by atoms with Crippen LogP contribution in [0.5, 0.6) is 0 Å². The van der Waals surface area contributed by atoms with Gasteiger partial charge < -0.3 is 20.1 Å². The molecule has 0 radical (unpaired) electrons. The van der Waals surface area contributed by atoms with Gasteiger partial charge in [0, 0.05) is 11.6 Å². The van der Waals surface area contributed by atoms with E-state index in [4.69, 9.17) is 16.3 Å². The predicted octanol–water partition coefficient (Wildman–Crippen LogP) is 4.99. The maximum absolute atomic E-state index is 12.5. The minimum Gasteiger partial charge on any atom is -0.465 e. The monoisotopic (exact) mass is 478 g/mol. The Morgan fingerprint density at radius 1 is 0.971 bits per heavy atom. The highest BCUT2D eigenvalue weighted by molar-refractivity contribution is 6.34. The van der Waals surface area contributed by atoms with E-state index >= 15 is 0 Å². The Morgan fingerprint density at radius 2 is 1.59 bits per heavy atom. The van der Waals surface area contributed by atoms with E-state index in [1.807, 2.05) is 36.4 Å². The zero-order valence-corrected chi connectivity index (χ0v) is 19.4. The summed E-state index contributed by atoms with van der Waals surface area (Å²) in [5, 5.41) is 5.33. The van der Waals surface area contributed by atoms with Crippen molar-refractivity contribution < 1.29 is 23.9 Å². The number of anilines is 1. The van der Waals surface area contributed by atoms with Gasteiger partial charge in [0.25, 0.3) is 0 Å². The van der Waals surface area contributed by atoms with E-state index in [1.54, 1.807) is 6.92 Å². The number of hydrogen-bond donors (Lipinski definition) is 2. The fourth-order valence-electron chi connectivity index (χ4n) is 4.00. The topological polar surface area (TPSA) is 93.7 Å². The largest absolute Gasteiger partial charge is 0.465 e. The zero-order valence-electron chi connectivity index (χ0n) is 18.6. The summed E-state index contributed by atoms with van der Waals surface area (Å²) < 4.78 is 10.1. The highest BCUT2D eigenvalue weighted by Crippen LogP contribution is 2.44. The maximum Gasteiger partial charge on any atom is 0.407 e. The van der Waals surface area contributed by atoms with Crippen molar-refractivity contribution in [3.8, 4) is 11.1 Å². The summed E-state index contributed by atoms with van der Waals surface area (Å²) in [6.45, 7) is 1.69. The lowest BCUT2D eigenvalue weighted by molar-refractivity contribution is -0.117. The number of fused-ring (bicyclic) bond motifs is 3. The summed E-state index contributed by atoms with van der Waals surface area (Å²) in [6, 6.07) is 19.6. The number of amides is 2. The van der Waals surface area contributed by atoms with Gasteiger partial charge in [-0.1, -0.05) is 60.1 Å². The van der Waals surface area contributed by atoms with Crippen LogP contribution in [0, 0.1) is 0 Å². The molecule has 0 saturated heterocycles. The fourth-order valence-corrected chi connectivity index (χ4v) is 4.26. The summed E-state index contributed by atoms with van der Waals surface area (Å²) in [7, 11) is 1.25. The molecular formula is C26H23ClN2O5. The van der Waals surface area contributed by atoms with Crippen LogP contribution in [0.4, 0.5) is 10.5 Å². The van der Waals surface area contributed by atoms with Crippen LogP contribution in [-0.2, 0) is 14.3 Å². The van der Waals surface area contributed by atoms with Crippen LogP contribution < -0.4 is 10.6 Å². The van der Waals surface area contributed by atoms with Crippen molar-refractivity contribution in [1.29, 1.82) is 0 Å². The lowest BCUT2D eigenvalue weighted by atomic mass is 9.98. The second-order valence-corrected chi connectivity index (χ2v) is 8.27. The van der Waals surface area contributed by atoms with Gasteiger partial charge in [0.05, 0.1) is 17.7 Å². The third-order valence-corrected chi connectivity index (χ3v) is 6.03. The normalized spacial score (nSPS) is 12.8. The Kier molecular flexibility index (Phi) is 6.84. The maximum atomic E-state index is 12.5. The number of nitrogens with one attached hydrogen (secondary N) is 2. The SMILES string of the molecule is COC(=O)c1ccc(NC(=O)[C@H](C)NC(=O)OCC2c3ccccc3-c3ccccc32)cc1Cl.